The van der Waals surface area contributed by atoms with E-state index >= 15 is 0 Å². The Morgan fingerprint density at radius 1 is 1.40 bits per heavy atom. The molecule has 1 fully saturated rings. The van der Waals surface area contributed by atoms with Gasteiger partial charge in [-0.25, -0.2) is 4.39 Å². The summed E-state index contributed by atoms with van der Waals surface area (Å²) in [5, 5.41) is 3.49. The maximum Gasteiger partial charge on any atom is 0.123 e. The summed E-state index contributed by atoms with van der Waals surface area (Å²) in [5.41, 5.74) is 0.951. The van der Waals surface area contributed by atoms with Crippen LogP contribution in [0, 0.1) is 11.7 Å². The van der Waals surface area contributed by atoms with Crippen LogP contribution in [0.25, 0.3) is 0 Å². The van der Waals surface area contributed by atoms with E-state index in [1.807, 2.05) is 11.8 Å². The molecule has 0 bridgehead atoms. The molecule has 4 heteroatoms. The Balaban J connectivity index is 2.16. The van der Waals surface area contributed by atoms with Crippen molar-refractivity contribution in [2.24, 2.45) is 5.92 Å². The number of nitrogens with one attached hydrogen (secondary N) is 1. The minimum Gasteiger partial charge on any atom is -0.496 e. The quantitative estimate of drug-likeness (QED) is 0.857. The number of hydrogen-bond donors (Lipinski definition) is 1. The second kappa shape index (κ2) is 7.89. The normalized spacial score (nSPS) is 17.9. The van der Waals surface area contributed by atoms with E-state index in [0.29, 0.717) is 0 Å². The van der Waals surface area contributed by atoms with Crippen LogP contribution in [0.3, 0.4) is 0 Å². The molecule has 1 unspecified atom stereocenters. The first-order valence-electron chi connectivity index (χ1n) is 7.39. The highest BCUT2D eigenvalue weighted by atomic mass is 32.2. The van der Waals surface area contributed by atoms with Crippen molar-refractivity contribution < 1.29 is 9.13 Å². The van der Waals surface area contributed by atoms with Gasteiger partial charge in [0.15, 0.2) is 0 Å². The molecule has 2 nitrogen and oxygen atoms in total. The maximum atomic E-state index is 13.6. The Bertz CT molecular complexity index is 421. The highest BCUT2D eigenvalue weighted by Crippen LogP contribution is 2.34. The zero-order valence-corrected chi connectivity index (χ0v) is 13.1. The molecule has 1 aromatic carbocycles. The Hall–Kier alpha value is -0.740. The summed E-state index contributed by atoms with van der Waals surface area (Å²) >= 11 is 2.04. The third kappa shape index (κ3) is 4.13. The lowest BCUT2D eigenvalue weighted by atomic mass is 9.90. The molecule has 0 amide bonds. The van der Waals surface area contributed by atoms with Crippen molar-refractivity contribution in [3.05, 3.63) is 29.6 Å². The van der Waals surface area contributed by atoms with E-state index in [4.69, 9.17) is 4.74 Å². The SMILES string of the molecule is CCNC(CC1CCSCC1)c1cc(F)ccc1OC. The lowest BCUT2D eigenvalue weighted by Crippen LogP contribution is -2.25. The predicted octanol–water partition coefficient (Wildman–Crippen LogP) is 4.02. The highest BCUT2D eigenvalue weighted by molar-refractivity contribution is 7.99. The summed E-state index contributed by atoms with van der Waals surface area (Å²) in [6.07, 6.45) is 3.60. The van der Waals surface area contributed by atoms with E-state index in [9.17, 15) is 4.39 Å². The second-order valence-corrected chi connectivity index (χ2v) is 6.51. The summed E-state index contributed by atoms with van der Waals surface area (Å²) in [7, 11) is 1.65. The van der Waals surface area contributed by atoms with Gasteiger partial charge in [0.1, 0.15) is 11.6 Å². The predicted molar refractivity (Wildman–Crippen MR) is 84.0 cm³/mol. The van der Waals surface area contributed by atoms with Gasteiger partial charge >= 0.3 is 0 Å². The van der Waals surface area contributed by atoms with Crippen molar-refractivity contribution in [2.45, 2.75) is 32.2 Å². The van der Waals surface area contributed by atoms with E-state index in [-0.39, 0.29) is 11.9 Å². The zero-order valence-electron chi connectivity index (χ0n) is 12.3. The fourth-order valence-electron chi connectivity index (χ4n) is 2.86. The van der Waals surface area contributed by atoms with Crippen LogP contribution in [0.15, 0.2) is 18.2 Å². The van der Waals surface area contributed by atoms with Crippen molar-refractivity contribution in [1.29, 1.82) is 0 Å². The van der Waals surface area contributed by atoms with Crippen molar-refractivity contribution in [1.82, 2.24) is 5.32 Å². The van der Waals surface area contributed by atoms with E-state index in [1.54, 1.807) is 19.2 Å². The molecule has 0 spiro atoms. The first-order chi connectivity index (χ1) is 9.74. The van der Waals surface area contributed by atoms with Gasteiger partial charge in [-0.05, 0) is 61.4 Å². The van der Waals surface area contributed by atoms with Crippen LogP contribution in [0.1, 0.15) is 37.8 Å². The van der Waals surface area contributed by atoms with Crippen LogP contribution in [0.2, 0.25) is 0 Å². The summed E-state index contributed by atoms with van der Waals surface area (Å²) in [5.74, 6) is 3.83. The molecule has 20 heavy (non-hydrogen) atoms. The molecule has 1 atom stereocenters. The molecule has 1 N–H and O–H groups in total. The number of methoxy groups -OCH3 is 1. The van der Waals surface area contributed by atoms with Crippen LogP contribution in [0.4, 0.5) is 4.39 Å². The first-order valence-corrected chi connectivity index (χ1v) is 8.54. The maximum absolute atomic E-state index is 13.6. The van der Waals surface area contributed by atoms with Gasteiger partial charge in [0, 0.05) is 11.6 Å². The molecule has 0 aromatic heterocycles. The molecule has 0 aliphatic carbocycles. The molecule has 2 rings (SSSR count). The molecule has 1 saturated heterocycles. The number of thioether (sulfide) groups is 1. The molecule has 0 saturated carbocycles. The second-order valence-electron chi connectivity index (χ2n) is 5.29. The van der Waals surface area contributed by atoms with E-state index in [2.05, 4.69) is 12.2 Å². The summed E-state index contributed by atoms with van der Waals surface area (Å²) < 4.78 is 19.0. The first kappa shape index (κ1) is 15.6. The summed E-state index contributed by atoms with van der Waals surface area (Å²) in [6.45, 7) is 2.97. The smallest absolute Gasteiger partial charge is 0.123 e. The molecule has 1 aliphatic heterocycles. The fourth-order valence-corrected chi connectivity index (χ4v) is 4.06. The van der Waals surface area contributed by atoms with Crippen LogP contribution < -0.4 is 10.1 Å². The molecule has 0 radical (unpaired) electrons. The van der Waals surface area contributed by atoms with Crippen LogP contribution in [0.5, 0.6) is 5.75 Å². The van der Waals surface area contributed by atoms with Crippen LogP contribution in [-0.4, -0.2) is 25.2 Å². The molecular weight excluding hydrogens is 273 g/mol. The molecule has 1 heterocycles. The van der Waals surface area contributed by atoms with Gasteiger partial charge in [0.2, 0.25) is 0 Å². The van der Waals surface area contributed by atoms with Crippen molar-refractivity contribution >= 4 is 11.8 Å². The van der Waals surface area contributed by atoms with Gasteiger partial charge in [0.05, 0.1) is 7.11 Å². The van der Waals surface area contributed by atoms with Gasteiger partial charge in [-0.2, -0.15) is 11.8 Å². The average molecular weight is 297 g/mol. The van der Waals surface area contributed by atoms with Crippen molar-refractivity contribution in [3.8, 4) is 5.75 Å². The third-order valence-corrected chi connectivity index (χ3v) is 4.98. The standard InChI is InChI=1S/C16H24FNOS/c1-3-18-15(10-12-6-8-20-9-7-12)14-11-13(17)4-5-16(14)19-2/h4-5,11-12,15,18H,3,6-10H2,1-2H3. The fraction of sp³-hybridized carbons (Fsp3) is 0.625. The lowest BCUT2D eigenvalue weighted by Gasteiger charge is -2.28. The van der Waals surface area contributed by atoms with Gasteiger partial charge in [-0.3, -0.25) is 0 Å². The van der Waals surface area contributed by atoms with E-state index in [1.165, 1.54) is 30.4 Å². The Kier molecular flexibility index (Phi) is 6.17. The topological polar surface area (TPSA) is 21.3 Å². The molecular formula is C16H24FNOS. The monoisotopic (exact) mass is 297 g/mol. The number of benzene rings is 1. The molecule has 1 aliphatic rings. The number of rotatable bonds is 6. The third-order valence-electron chi connectivity index (χ3n) is 3.93. The molecule has 112 valence electrons. The van der Waals surface area contributed by atoms with Crippen LogP contribution >= 0.6 is 11.8 Å². The van der Waals surface area contributed by atoms with Gasteiger partial charge in [-0.1, -0.05) is 6.92 Å². The number of hydrogen-bond acceptors (Lipinski definition) is 3. The van der Waals surface area contributed by atoms with Crippen molar-refractivity contribution in [3.63, 3.8) is 0 Å². The van der Waals surface area contributed by atoms with Crippen molar-refractivity contribution in [2.75, 3.05) is 25.2 Å². The van der Waals surface area contributed by atoms with Crippen LogP contribution in [-0.2, 0) is 0 Å². The number of halogens is 1. The Morgan fingerprint density at radius 3 is 2.80 bits per heavy atom. The molecule has 1 aromatic rings. The van der Waals surface area contributed by atoms with Gasteiger partial charge in [-0.15, -0.1) is 0 Å². The zero-order chi connectivity index (χ0) is 14.4. The summed E-state index contributed by atoms with van der Waals surface area (Å²) in [4.78, 5) is 0. The largest absolute Gasteiger partial charge is 0.496 e. The lowest BCUT2D eigenvalue weighted by molar-refractivity contribution is 0.354. The van der Waals surface area contributed by atoms with E-state index < -0.39 is 0 Å². The summed E-state index contributed by atoms with van der Waals surface area (Å²) in [6, 6.07) is 4.98. The van der Waals surface area contributed by atoms with E-state index in [0.717, 1.165) is 30.2 Å². The van der Waals surface area contributed by atoms with Gasteiger partial charge < -0.3 is 10.1 Å². The number of ether oxygens (including phenoxy) is 1. The highest BCUT2D eigenvalue weighted by Gasteiger charge is 2.22. The Labute approximate surface area is 125 Å². The minimum atomic E-state index is -0.192. The van der Waals surface area contributed by atoms with Gasteiger partial charge in [0.25, 0.3) is 0 Å². The minimum absolute atomic E-state index is 0.179. The Morgan fingerprint density at radius 2 is 2.15 bits per heavy atom. The average Bonchev–Trinajstić information content (AvgIpc) is 2.48.